The molecular weight excluding hydrogens is 505 g/mol. The molecular formula is C29H34FN3O4S. The van der Waals surface area contributed by atoms with Crippen LogP contribution in [0.1, 0.15) is 32.3 Å². The van der Waals surface area contributed by atoms with Crippen LogP contribution in [-0.4, -0.2) is 50.8 Å². The van der Waals surface area contributed by atoms with Crippen molar-refractivity contribution in [3.8, 4) is 0 Å². The Hall–Kier alpha value is -3.72. The number of halogens is 1. The van der Waals surface area contributed by atoms with Gasteiger partial charge in [-0.15, -0.1) is 0 Å². The lowest BCUT2D eigenvalue weighted by atomic mass is 10.1. The van der Waals surface area contributed by atoms with Crippen molar-refractivity contribution in [2.45, 2.75) is 44.0 Å². The molecule has 0 bridgehead atoms. The predicted octanol–water partition coefficient (Wildman–Crippen LogP) is 4.40. The van der Waals surface area contributed by atoms with Crippen molar-refractivity contribution in [1.82, 2.24) is 10.2 Å². The van der Waals surface area contributed by atoms with E-state index in [4.69, 9.17) is 0 Å². The van der Waals surface area contributed by atoms with E-state index in [1.807, 2.05) is 37.3 Å². The summed E-state index contributed by atoms with van der Waals surface area (Å²) in [4.78, 5) is 28.0. The van der Waals surface area contributed by atoms with E-state index in [-0.39, 0.29) is 23.0 Å². The lowest BCUT2D eigenvalue weighted by Crippen LogP contribution is -2.52. The van der Waals surface area contributed by atoms with E-state index in [0.717, 1.165) is 34.8 Å². The third-order valence-corrected chi connectivity index (χ3v) is 7.99. The number of anilines is 1. The SMILES string of the molecule is CCCCNC(=O)[C@H](C)N(CCc1ccccc1)C(=O)CN(c1ccc(F)cc1)S(=O)(=O)c1ccccc1. The number of amides is 2. The van der Waals surface area contributed by atoms with Gasteiger partial charge in [-0.2, -0.15) is 0 Å². The molecule has 0 fully saturated rings. The van der Waals surface area contributed by atoms with Gasteiger partial charge >= 0.3 is 0 Å². The summed E-state index contributed by atoms with van der Waals surface area (Å²) < 4.78 is 41.8. The second-order valence-electron chi connectivity index (χ2n) is 8.94. The molecule has 0 unspecified atom stereocenters. The van der Waals surface area contributed by atoms with Crippen molar-refractivity contribution in [3.63, 3.8) is 0 Å². The molecule has 7 nitrogen and oxygen atoms in total. The van der Waals surface area contributed by atoms with Gasteiger partial charge in [-0.3, -0.25) is 13.9 Å². The number of hydrogen-bond acceptors (Lipinski definition) is 4. The van der Waals surface area contributed by atoms with Crippen LogP contribution in [0.5, 0.6) is 0 Å². The molecule has 0 saturated heterocycles. The van der Waals surface area contributed by atoms with Crippen molar-refractivity contribution in [3.05, 3.63) is 96.3 Å². The highest BCUT2D eigenvalue weighted by Gasteiger charge is 2.32. The number of nitrogens with one attached hydrogen (secondary N) is 1. The molecule has 9 heteroatoms. The fourth-order valence-electron chi connectivity index (χ4n) is 3.96. The van der Waals surface area contributed by atoms with Crippen LogP contribution in [0.15, 0.2) is 89.8 Å². The van der Waals surface area contributed by atoms with Gasteiger partial charge in [-0.05, 0) is 61.7 Å². The van der Waals surface area contributed by atoms with E-state index >= 15 is 0 Å². The highest BCUT2D eigenvalue weighted by molar-refractivity contribution is 7.92. The summed E-state index contributed by atoms with van der Waals surface area (Å²) >= 11 is 0. The average molecular weight is 540 g/mol. The maximum Gasteiger partial charge on any atom is 0.264 e. The van der Waals surface area contributed by atoms with E-state index in [9.17, 15) is 22.4 Å². The van der Waals surface area contributed by atoms with Crippen LogP contribution in [0, 0.1) is 5.82 Å². The lowest BCUT2D eigenvalue weighted by Gasteiger charge is -2.32. The molecule has 0 spiro atoms. The second kappa shape index (κ2) is 13.7. The number of unbranched alkanes of at least 4 members (excludes halogenated alkanes) is 1. The van der Waals surface area contributed by atoms with Gasteiger partial charge in [0.15, 0.2) is 0 Å². The minimum atomic E-state index is -4.16. The number of nitrogens with zero attached hydrogens (tertiary/aromatic N) is 2. The highest BCUT2D eigenvalue weighted by Crippen LogP contribution is 2.24. The largest absolute Gasteiger partial charge is 0.354 e. The number of benzene rings is 3. The van der Waals surface area contributed by atoms with Gasteiger partial charge < -0.3 is 10.2 Å². The normalized spacial score (nSPS) is 12.0. The lowest BCUT2D eigenvalue weighted by molar-refractivity contribution is -0.138. The molecule has 2 amide bonds. The van der Waals surface area contributed by atoms with Crippen molar-refractivity contribution in [2.75, 3.05) is 23.9 Å². The Morgan fingerprint density at radius 3 is 2.13 bits per heavy atom. The third-order valence-electron chi connectivity index (χ3n) is 6.21. The maximum atomic E-state index is 13.7. The Morgan fingerprint density at radius 1 is 0.921 bits per heavy atom. The summed E-state index contributed by atoms with van der Waals surface area (Å²) in [6.07, 6.45) is 2.21. The number of hydrogen-bond donors (Lipinski definition) is 1. The number of carbonyl (C=O) groups excluding carboxylic acids is 2. The van der Waals surface area contributed by atoms with Gasteiger partial charge in [0.2, 0.25) is 11.8 Å². The summed E-state index contributed by atoms with van der Waals surface area (Å²) in [7, 11) is -4.16. The van der Waals surface area contributed by atoms with Crippen molar-refractivity contribution in [1.29, 1.82) is 0 Å². The highest BCUT2D eigenvalue weighted by atomic mass is 32.2. The van der Waals surface area contributed by atoms with Gasteiger partial charge in [0.25, 0.3) is 10.0 Å². The first-order chi connectivity index (χ1) is 18.2. The van der Waals surface area contributed by atoms with E-state index in [2.05, 4.69) is 5.32 Å². The van der Waals surface area contributed by atoms with Crippen LogP contribution in [0.4, 0.5) is 10.1 Å². The fourth-order valence-corrected chi connectivity index (χ4v) is 5.40. The Bertz CT molecular complexity index is 1290. The van der Waals surface area contributed by atoms with Crippen LogP contribution < -0.4 is 9.62 Å². The average Bonchev–Trinajstić information content (AvgIpc) is 2.93. The Morgan fingerprint density at radius 2 is 1.53 bits per heavy atom. The summed E-state index contributed by atoms with van der Waals surface area (Å²) in [5.41, 5.74) is 1.13. The molecule has 0 heterocycles. The molecule has 0 aliphatic carbocycles. The van der Waals surface area contributed by atoms with Gasteiger partial charge in [-0.25, -0.2) is 12.8 Å². The second-order valence-corrected chi connectivity index (χ2v) is 10.8. The van der Waals surface area contributed by atoms with Gasteiger partial charge in [0, 0.05) is 13.1 Å². The van der Waals surface area contributed by atoms with Crippen molar-refractivity contribution < 1.29 is 22.4 Å². The molecule has 0 aliphatic heterocycles. The predicted molar refractivity (Wildman–Crippen MR) is 147 cm³/mol. The maximum absolute atomic E-state index is 13.7. The van der Waals surface area contributed by atoms with Gasteiger partial charge in [-0.1, -0.05) is 61.9 Å². The Balaban J connectivity index is 1.92. The first-order valence-electron chi connectivity index (χ1n) is 12.7. The third kappa shape index (κ3) is 7.64. The molecule has 0 aromatic heterocycles. The number of sulfonamides is 1. The molecule has 3 aromatic rings. The number of rotatable bonds is 13. The Labute approximate surface area is 224 Å². The zero-order valence-corrected chi connectivity index (χ0v) is 22.5. The molecule has 0 saturated carbocycles. The zero-order chi connectivity index (χ0) is 27.5. The van der Waals surface area contributed by atoms with E-state index in [0.29, 0.717) is 13.0 Å². The first-order valence-corrected chi connectivity index (χ1v) is 14.1. The quantitative estimate of drug-likeness (QED) is 0.326. The molecule has 0 aliphatic rings. The van der Waals surface area contributed by atoms with Gasteiger partial charge in [0.05, 0.1) is 10.6 Å². The van der Waals surface area contributed by atoms with Crippen molar-refractivity contribution >= 4 is 27.5 Å². The smallest absolute Gasteiger partial charge is 0.264 e. The summed E-state index contributed by atoms with van der Waals surface area (Å²) in [5.74, 6) is -1.37. The monoisotopic (exact) mass is 539 g/mol. The van der Waals surface area contributed by atoms with Crippen LogP contribution >= 0.6 is 0 Å². The summed E-state index contributed by atoms with van der Waals surface area (Å²) in [5, 5.41) is 2.86. The minimum absolute atomic E-state index is 0.00156. The molecule has 1 atom stereocenters. The van der Waals surface area contributed by atoms with Crippen molar-refractivity contribution in [2.24, 2.45) is 0 Å². The summed E-state index contributed by atoms with van der Waals surface area (Å²) in [6, 6.07) is 21.4. The topological polar surface area (TPSA) is 86.8 Å². The molecule has 3 rings (SSSR count). The Kier molecular flexibility index (Phi) is 10.4. The fraction of sp³-hybridized carbons (Fsp3) is 0.310. The van der Waals surface area contributed by atoms with E-state index in [1.165, 1.54) is 29.2 Å². The zero-order valence-electron chi connectivity index (χ0n) is 21.7. The molecule has 0 radical (unpaired) electrons. The standard InChI is InChI=1S/C29H34FN3O4S/c1-3-4-20-31-29(35)23(2)32(21-19-24-11-7-5-8-12-24)28(34)22-33(26-17-15-25(30)16-18-26)38(36,37)27-13-9-6-10-14-27/h5-18,23H,3-4,19-22H2,1-2H3,(H,31,35)/t23-/m0/s1. The van der Waals surface area contributed by atoms with E-state index in [1.54, 1.807) is 25.1 Å². The van der Waals surface area contributed by atoms with Crippen LogP contribution in [0.25, 0.3) is 0 Å². The van der Waals surface area contributed by atoms with E-state index < -0.39 is 34.3 Å². The molecule has 202 valence electrons. The van der Waals surface area contributed by atoms with Gasteiger partial charge in [0.1, 0.15) is 18.4 Å². The molecule has 38 heavy (non-hydrogen) atoms. The van der Waals surface area contributed by atoms with Crippen LogP contribution in [-0.2, 0) is 26.0 Å². The minimum Gasteiger partial charge on any atom is -0.354 e. The van der Waals surface area contributed by atoms with Crippen LogP contribution in [0.2, 0.25) is 0 Å². The first kappa shape index (κ1) is 28.8. The van der Waals surface area contributed by atoms with Crippen LogP contribution in [0.3, 0.4) is 0 Å². The number of carbonyl (C=O) groups is 2. The molecule has 1 N–H and O–H groups in total. The summed E-state index contributed by atoms with van der Waals surface area (Å²) in [6.45, 7) is 3.81. The molecule has 3 aromatic carbocycles.